The molecule has 2 rings (SSSR count). The Morgan fingerprint density at radius 2 is 1.95 bits per heavy atom. The zero-order chi connectivity index (χ0) is 14.8. The van der Waals surface area contributed by atoms with Crippen molar-refractivity contribution in [2.24, 2.45) is 17.0 Å². The van der Waals surface area contributed by atoms with Crippen LogP contribution in [-0.2, 0) is 10.0 Å². The fraction of sp³-hybridized carbons (Fsp3) is 0.571. The van der Waals surface area contributed by atoms with Gasteiger partial charge in [0.05, 0.1) is 4.90 Å². The predicted octanol–water partition coefficient (Wildman–Crippen LogP) is 2.15. The van der Waals surface area contributed by atoms with Crippen molar-refractivity contribution in [2.45, 2.75) is 37.5 Å². The van der Waals surface area contributed by atoms with Gasteiger partial charge in [0.2, 0.25) is 10.0 Å². The average molecular weight is 297 g/mol. The van der Waals surface area contributed by atoms with E-state index in [-0.39, 0.29) is 4.90 Å². The third-order valence-corrected chi connectivity index (χ3v) is 5.01. The number of hydrogen-bond acceptors (Lipinski definition) is 4. The van der Waals surface area contributed by atoms with Crippen molar-refractivity contribution in [2.75, 3.05) is 17.6 Å². The normalized spacial score (nSPS) is 23.5. The van der Waals surface area contributed by atoms with Gasteiger partial charge in [0.25, 0.3) is 0 Å². The molecule has 0 amide bonds. The molecule has 0 heterocycles. The zero-order valence-corrected chi connectivity index (χ0v) is 12.6. The molecule has 0 aromatic heterocycles. The highest BCUT2D eigenvalue weighted by atomic mass is 32.2. The third-order valence-electron chi connectivity index (χ3n) is 4.11. The van der Waals surface area contributed by atoms with E-state index in [4.69, 9.17) is 10.9 Å². The van der Waals surface area contributed by atoms with Crippen molar-refractivity contribution in [1.82, 2.24) is 0 Å². The molecule has 1 aliphatic carbocycles. The number of benzene rings is 1. The van der Waals surface area contributed by atoms with Crippen LogP contribution in [-0.4, -0.2) is 15.0 Å². The minimum atomic E-state index is -3.72. The van der Waals surface area contributed by atoms with Crippen molar-refractivity contribution in [3.05, 3.63) is 18.2 Å². The fourth-order valence-electron chi connectivity index (χ4n) is 2.83. The molecule has 1 fully saturated rings. The molecule has 5 N–H and O–H groups in total. The van der Waals surface area contributed by atoms with Crippen LogP contribution in [0.15, 0.2) is 23.1 Å². The molecule has 1 aromatic rings. The number of hydrogen-bond donors (Lipinski definition) is 3. The van der Waals surface area contributed by atoms with Crippen molar-refractivity contribution >= 4 is 21.4 Å². The summed E-state index contributed by atoms with van der Waals surface area (Å²) < 4.78 is 22.8. The average Bonchev–Trinajstić information content (AvgIpc) is 2.36. The van der Waals surface area contributed by atoms with Crippen LogP contribution in [0, 0.1) is 11.8 Å². The summed E-state index contributed by atoms with van der Waals surface area (Å²) in [6, 6.07) is 4.66. The topological polar surface area (TPSA) is 98.2 Å². The van der Waals surface area contributed by atoms with Crippen LogP contribution in [0.3, 0.4) is 0 Å². The molecule has 1 aromatic carbocycles. The van der Waals surface area contributed by atoms with Crippen LogP contribution in [0.2, 0.25) is 0 Å². The summed E-state index contributed by atoms with van der Waals surface area (Å²) >= 11 is 0. The molecule has 0 saturated heterocycles. The first-order valence-corrected chi connectivity index (χ1v) is 8.58. The maximum Gasteiger partial charge on any atom is 0.238 e. The lowest BCUT2D eigenvalue weighted by Gasteiger charge is -2.29. The number of sulfonamides is 1. The molecule has 0 bridgehead atoms. The van der Waals surface area contributed by atoms with Gasteiger partial charge >= 0.3 is 0 Å². The van der Waals surface area contributed by atoms with E-state index in [0.29, 0.717) is 23.2 Å². The first kappa shape index (κ1) is 15.1. The number of primary sulfonamides is 1. The van der Waals surface area contributed by atoms with Gasteiger partial charge in [-0.2, -0.15) is 0 Å². The van der Waals surface area contributed by atoms with Gasteiger partial charge in [-0.05, 0) is 36.5 Å². The van der Waals surface area contributed by atoms with Gasteiger partial charge in [0, 0.05) is 17.9 Å². The van der Waals surface area contributed by atoms with Crippen LogP contribution >= 0.6 is 0 Å². The number of rotatable bonds is 4. The smallest absolute Gasteiger partial charge is 0.238 e. The number of nitrogens with two attached hydrogens (primary N) is 2. The molecule has 2 unspecified atom stereocenters. The molecular formula is C14H23N3O2S. The third kappa shape index (κ3) is 3.86. The summed E-state index contributed by atoms with van der Waals surface area (Å²) in [5, 5.41) is 8.44. The van der Waals surface area contributed by atoms with E-state index in [9.17, 15) is 8.42 Å². The SMILES string of the molecule is CC1CCCCC1CNc1cc(N)cc(S(N)(=O)=O)c1. The van der Waals surface area contributed by atoms with Crippen molar-refractivity contribution in [3.8, 4) is 0 Å². The minimum Gasteiger partial charge on any atom is -0.399 e. The number of nitrogens with one attached hydrogen (secondary N) is 1. The van der Waals surface area contributed by atoms with Gasteiger partial charge in [0.1, 0.15) is 0 Å². The molecule has 0 spiro atoms. The maximum absolute atomic E-state index is 11.4. The quantitative estimate of drug-likeness (QED) is 0.742. The Bertz CT molecular complexity index is 572. The Hall–Kier alpha value is -1.27. The monoisotopic (exact) mass is 297 g/mol. The largest absolute Gasteiger partial charge is 0.399 e. The Kier molecular flexibility index (Phi) is 4.55. The van der Waals surface area contributed by atoms with Gasteiger partial charge in [0.15, 0.2) is 0 Å². The molecule has 20 heavy (non-hydrogen) atoms. The fourth-order valence-corrected chi connectivity index (χ4v) is 3.43. The van der Waals surface area contributed by atoms with E-state index in [0.717, 1.165) is 6.54 Å². The zero-order valence-electron chi connectivity index (χ0n) is 11.8. The molecule has 112 valence electrons. The number of anilines is 2. The molecule has 1 saturated carbocycles. The lowest BCUT2D eigenvalue weighted by Crippen LogP contribution is -2.24. The summed E-state index contributed by atoms with van der Waals surface area (Å²) in [7, 11) is -3.72. The van der Waals surface area contributed by atoms with Crippen LogP contribution in [0.5, 0.6) is 0 Å². The van der Waals surface area contributed by atoms with Gasteiger partial charge in [-0.1, -0.05) is 26.2 Å². The second kappa shape index (κ2) is 6.01. The second-order valence-electron chi connectivity index (χ2n) is 5.74. The van der Waals surface area contributed by atoms with Gasteiger partial charge in [-0.15, -0.1) is 0 Å². The van der Waals surface area contributed by atoms with E-state index >= 15 is 0 Å². The standard InChI is InChI=1S/C14H23N3O2S/c1-10-4-2-3-5-11(10)9-17-13-6-12(15)7-14(8-13)20(16,18)19/h6-8,10-11,17H,2-5,9,15H2,1H3,(H2,16,18,19). The lowest BCUT2D eigenvalue weighted by molar-refractivity contribution is 0.268. The molecule has 2 atom stereocenters. The summed E-state index contributed by atoms with van der Waals surface area (Å²) in [5.74, 6) is 1.33. The first-order valence-electron chi connectivity index (χ1n) is 7.03. The number of nitrogen functional groups attached to an aromatic ring is 1. The second-order valence-corrected chi connectivity index (χ2v) is 7.30. The van der Waals surface area contributed by atoms with E-state index in [2.05, 4.69) is 12.2 Å². The molecule has 0 aliphatic heterocycles. The predicted molar refractivity (Wildman–Crippen MR) is 81.8 cm³/mol. The van der Waals surface area contributed by atoms with E-state index < -0.39 is 10.0 Å². The Morgan fingerprint density at radius 3 is 2.60 bits per heavy atom. The Balaban J connectivity index is 2.08. The summed E-state index contributed by atoms with van der Waals surface area (Å²) in [5.41, 5.74) is 6.85. The van der Waals surface area contributed by atoms with Crippen LogP contribution < -0.4 is 16.2 Å². The van der Waals surface area contributed by atoms with Gasteiger partial charge < -0.3 is 11.1 Å². The van der Waals surface area contributed by atoms with Crippen molar-refractivity contribution in [3.63, 3.8) is 0 Å². The van der Waals surface area contributed by atoms with Crippen molar-refractivity contribution < 1.29 is 8.42 Å². The van der Waals surface area contributed by atoms with Gasteiger partial charge in [-0.25, -0.2) is 13.6 Å². The first-order chi connectivity index (χ1) is 9.36. The van der Waals surface area contributed by atoms with Crippen LogP contribution in [0.4, 0.5) is 11.4 Å². The van der Waals surface area contributed by atoms with E-state index in [1.54, 1.807) is 12.1 Å². The summed E-state index contributed by atoms with van der Waals surface area (Å²) in [6.07, 6.45) is 5.08. The molecular weight excluding hydrogens is 274 g/mol. The van der Waals surface area contributed by atoms with Crippen LogP contribution in [0.25, 0.3) is 0 Å². The van der Waals surface area contributed by atoms with E-state index in [1.165, 1.54) is 31.7 Å². The summed E-state index contributed by atoms with van der Waals surface area (Å²) in [6.45, 7) is 3.12. The van der Waals surface area contributed by atoms with Crippen LogP contribution in [0.1, 0.15) is 32.6 Å². The van der Waals surface area contributed by atoms with E-state index in [1.807, 2.05) is 0 Å². The Morgan fingerprint density at radius 1 is 1.25 bits per heavy atom. The highest BCUT2D eigenvalue weighted by molar-refractivity contribution is 7.89. The molecule has 1 aliphatic rings. The highest BCUT2D eigenvalue weighted by Crippen LogP contribution is 2.30. The van der Waals surface area contributed by atoms with Gasteiger partial charge in [-0.3, -0.25) is 0 Å². The maximum atomic E-state index is 11.4. The summed E-state index contributed by atoms with van der Waals surface area (Å²) in [4.78, 5) is 0.0525. The van der Waals surface area contributed by atoms with Crippen molar-refractivity contribution in [1.29, 1.82) is 0 Å². The minimum absolute atomic E-state index is 0.0525. The lowest BCUT2D eigenvalue weighted by atomic mass is 9.80. The molecule has 0 radical (unpaired) electrons. The molecule has 6 heteroatoms. The molecule has 5 nitrogen and oxygen atoms in total. The Labute approximate surface area is 120 Å². The highest BCUT2D eigenvalue weighted by Gasteiger charge is 2.21.